The third-order valence-electron chi connectivity index (χ3n) is 9.25. The normalized spacial score (nSPS) is 14.7. The Hall–Kier alpha value is -5.34. The lowest BCUT2D eigenvalue weighted by Gasteiger charge is -2.16. The minimum atomic E-state index is 0.525. The third kappa shape index (κ3) is 3.73. The molecule has 0 N–H and O–H groups in total. The van der Waals surface area contributed by atoms with Crippen LogP contribution in [0.3, 0.4) is 0 Å². The second-order valence-electron chi connectivity index (χ2n) is 11.9. The Morgan fingerprint density at radius 2 is 1.14 bits per heavy atom. The maximum absolute atomic E-state index is 2.45. The zero-order valence-electron chi connectivity index (χ0n) is 24.0. The number of aromatic nitrogens is 2. The van der Waals surface area contributed by atoms with Crippen molar-refractivity contribution >= 4 is 49.6 Å². The maximum atomic E-state index is 2.45. The van der Waals surface area contributed by atoms with E-state index < -0.39 is 0 Å². The quantitative estimate of drug-likeness (QED) is 0.207. The van der Waals surface area contributed by atoms with E-state index in [4.69, 9.17) is 0 Å². The predicted octanol–water partition coefficient (Wildman–Crippen LogP) is 10.8. The zero-order valence-corrected chi connectivity index (χ0v) is 24.0. The molecule has 204 valence electrons. The fraction of sp³-hybridized carbons (Fsp3) is 0.0732. The first-order chi connectivity index (χ1) is 21.2. The highest BCUT2D eigenvalue weighted by molar-refractivity contribution is 6.09. The van der Waals surface area contributed by atoms with Crippen molar-refractivity contribution in [3.63, 3.8) is 0 Å². The summed E-state index contributed by atoms with van der Waals surface area (Å²) in [4.78, 5) is 0. The summed E-state index contributed by atoms with van der Waals surface area (Å²) in [6, 6.07) is 48.9. The smallest absolute Gasteiger partial charge is 0.0541 e. The zero-order chi connectivity index (χ0) is 28.5. The SMILES string of the molecule is CC1C=Cc2c(c3cc(-c4ccc(-n5c6ccccc6c6ccccc65)cc4)ccc3n2-c2ccc3ccccc3c2)C1. The molecule has 2 heteroatoms. The third-order valence-corrected chi connectivity index (χ3v) is 9.25. The van der Waals surface area contributed by atoms with Gasteiger partial charge in [-0.05, 0) is 94.4 Å². The highest BCUT2D eigenvalue weighted by Crippen LogP contribution is 2.38. The van der Waals surface area contributed by atoms with Crippen LogP contribution < -0.4 is 0 Å². The van der Waals surface area contributed by atoms with Gasteiger partial charge in [-0.1, -0.05) is 97.9 Å². The topological polar surface area (TPSA) is 9.86 Å². The summed E-state index contributed by atoms with van der Waals surface area (Å²) in [5.41, 5.74) is 11.4. The van der Waals surface area contributed by atoms with Gasteiger partial charge in [-0.15, -0.1) is 0 Å². The van der Waals surface area contributed by atoms with Gasteiger partial charge in [0.1, 0.15) is 0 Å². The van der Waals surface area contributed by atoms with E-state index >= 15 is 0 Å². The maximum Gasteiger partial charge on any atom is 0.0541 e. The molecular formula is C41H30N2. The van der Waals surface area contributed by atoms with E-state index in [9.17, 15) is 0 Å². The van der Waals surface area contributed by atoms with E-state index in [0.717, 1.165) is 6.42 Å². The monoisotopic (exact) mass is 550 g/mol. The summed E-state index contributed by atoms with van der Waals surface area (Å²) in [6.45, 7) is 2.32. The number of hydrogen-bond acceptors (Lipinski definition) is 0. The van der Waals surface area contributed by atoms with Gasteiger partial charge in [0.15, 0.2) is 0 Å². The number of hydrogen-bond donors (Lipinski definition) is 0. The first-order valence-corrected chi connectivity index (χ1v) is 15.2. The van der Waals surface area contributed by atoms with Gasteiger partial charge in [-0.2, -0.15) is 0 Å². The second kappa shape index (κ2) is 9.34. The Balaban J connectivity index is 1.18. The van der Waals surface area contributed by atoms with Gasteiger partial charge in [0.05, 0.1) is 16.6 Å². The average molecular weight is 551 g/mol. The second-order valence-corrected chi connectivity index (χ2v) is 11.9. The van der Waals surface area contributed by atoms with E-state index in [0.29, 0.717) is 5.92 Å². The molecule has 0 saturated heterocycles. The number of fused-ring (bicyclic) bond motifs is 7. The Labute approximate surface area is 250 Å². The molecule has 0 radical (unpaired) electrons. The van der Waals surface area contributed by atoms with Crippen LogP contribution in [0.2, 0.25) is 0 Å². The summed E-state index contributed by atoms with van der Waals surface area (Å²) < 4.78 is 4.83. The van der Waals surface area contributed by atoms with E-state index in [1.807, 2.05) is 0 Å². The van der Waals surface area contributed by atoms with Crippen molar-refractivity contribution < 1.29 is 0 Å². The molecule has 43 heavy (non-hydrogen) atoms. The number of allylic oxidation sites excluding steroid dienone is 1. The minimum Gasteiger partial charge on any atom is -0.310 e. The highest BCUT2D eigenvalue weighted by Gasteiger charge is 2.22. The number of rotatable bonds is 3. The lowest BCUT2D eigenvalue weighted by molar-refractivity contribution is 0.718. The van der Waals surface area contributed by atoms with E-state index in [1.54, 1.807) is 0 Å². The molecule has 1 unspecified atom stereocenters. The van der Waals surface area contributed by atoms with Crippen molar-refractivity contribution in [3.8, 4) is 22.5 Å². The van der Waals surface area contributed by atoms with Gasteiger partial charge in [-0.25, -0.2) is 0 Å². The molecule has 0 fully saturated rings. The van der Waals surface area contributed by atoms with Crippen LogP contribution in [0.15, 0.2) is 140 Å². The van der Waals surface area contributed by atoms with Gasteiger partial charge >= 0.3 is 0 Å². The van der Waals surface area contributed by atoms with E-state index in [1.165, 1.54) is 77.2 Å². The van der Waals surface area contributed by atoms with Crippen molar-refractivity contribution in [2.24, 2.45) is 5.92 Å². The summed E-state index contributed by atoms with van der Waals surface area (Å²) >= 11 is 0. The number of nitrogens with zero attached hydrogens (tertiary/aromatic N) is 2. The van der Waals surface area contributed by atoms with Crippen molar-refractivity contribution in [1.82, 2.24) is 9.13 Å². The molecule has 1 aliphatic rings. The van der Waals surface area contributed by atoms with Crippen LogP contribution in [0.1, 0.15) is 18.2 Å². The van der Waals surface area contributed by atoms with Gasteiger partial charge in [0, 0.05) is 33.2 Å². The van der Waals surface area contributed by atoms with Crippen LogP contribution in [-0.4, -0.2) is 9.13 Å². The van der Waals surface area contributed by atoms with Crippen LogP contribution in [0.5, 0.6) is 0 Å². The van der Waals surface area contributed by atoms with Crippen LogP contribution in [-0.2, 0) is 6.42 Å². The fourth-order valence-corrected chi connectivity index (χ4v) is 7.19. The molecular weight excluding hydrogens is 520 g/mol. The van der Waals surface area contributed by atoms with E-state index in [2.05, 4.69) is 162 Å². The number of benzene rings is 6. The molecule has 8 aromatic rings. The summed E-state index contributed by atoms with van der Waals surface area (Å²) in [6.07, 6.45) is 5.74. The molecule has 9 rings (SSSR count). The van der Waals surface area contributed by atoms with Crippen LogP contribution in [0.25, 0.3) is 72.1 Å². The van der Waals surface area contributed by atoms with Crippen LogP contribution >= 0.6 is 0 Å². The van der Waals surface area contributed by atoms with Crippen molar-refractivity contribution in [2.75, 3.05) is 0 Å². The van der Waals surface area contributed by atoms with Gasteiger partial charge < -0.3 is 9.13 Å². The Bertz CT molecular complexity index is 2330. The minimum absolute atomic E-state index is 0.525. The average Bonchev–Trinajstić information content (AvgIpc) is 3.57. The molecule has 2 aromatic heterocycles. The molecule has 2 nitrogen and oxygen atoms in total. The van der Waals surface area contributed by atoms with Crippen molar-refractivity contribution in [3.05, 3.63) is 151 Å². The summed E-state index contributed by atoms with van der Waals surface area (Å²) in [5, 5.41) is 6.47. The first kappa shape index (κ1) is 24.3. The Kier molecular flexibility index (Phi) is 5.27. The lowest BCUT2D eigenvalue weighted by atomic mass is 9.92. The largest absolute Gasteiger partial charge is 0.310 e. The Morgan fingerprint density at radius 1 is 0.512 bits per heavy atom. The molecule has 6 aromatic carbocycles. The van der Waals surface area contributed by atoms with Crippen LogP contribution in [0.4, 0.5) is 0 Å². The van der Waals surface area contributed by atoms with Crippen molar-refractivity contribution in [2.45, 2.75) is 13.3 Å². The molecule has 0 bridgehead atoms. The summed E-state index contributed by atoms with van der Waals surface area (Å²) in [7, 11) is 0. The summed E-state index contributed by atoms with van der Waals surface area (Å²) in [5.74, 6) is 0.525. The molecule has 1 atom stereocenters. The molecule has 0 aliphatic heterocycles. The molecule has 1 aliphatic carbocycles. The molecule has 2 heterocycles. The molecule has 0 saturated carbocycles. The number of para-hydroxylation sites is 2. The van der Waals surface area contributed by atoms with Crippen molar-refractivity contribution in [1.29, 1.82) is 0 Å². The predicted molar refractivity (Wildman–Crippen MR) is 182 cm³/mol. The first-order valence-electron chi connectivity index (χ1n) is 15.2. The van der Waals surface area contributed by atoms with Gasteiger partial charge in [0.2, 0.25) is 0 Å². The molecule has 0 amide bonds. The highest BCUT2D eigenvalue weighted by atomic mass is 15.0. The van der Waals surface area contributed by atoms with Gasteiger partial charge in [0.25, 0.3) is 0 Å². The Morgan fingerprint density at radius 3 is 1.91 bits per heavy atom. The lowest BCUT2D eigenvalue weighted by Crippen LogP contribution is -2.05. The molecule has 0 spiro atoms. The standard InChI is InChI=1S/C41H30N2/c1-27-14-22-40-36(24-27)37-26-31(18-23-41(37)43(40)33-21-17-28-8-2-3-9-30(28)25-33)29-15-19-32(20-16-29)42-38-12-6-4-10-34(38)35-11-5-7-13-39(35)42/h2-23,25-27H,24H2,1H3. The fourth-order valence-electron chi connectivity index (χ4n) is 7.19. The van der Waals surface area contributed by atoms with E-state index in [-0.39, 0.29) is 0 Å². The van der Waals surface area contributed by atoms with Gasteiger partial charge in [-0.3, -0.25) is 0 Å². The van der Waals surface area contributed by atoms with Crippen LogP contribution in [0, 0.1) is 5.92 Å².